The highest BCUT2D eigenvalue weighted by molar-refractivity contribution is 5.67. The molecule has 1 aliphatic rings. The second-order valence-corrected chi connectivity index (χ2v) is 3.04. The SMILES string of the molecule is N[C@H](CC(=O)O)CC1CC1. The van der Waals surface area contributed by atoms with Crippen molar-refractivity contribution in [3.05, 3.63) is 0 Å². The molecule has 0 radical (unpaired) electrons. The van der Waals surface area contributed by atoms with Gasteiger partial charge in [-0.1, -0.05) is 12.8 Å². The van der Waals surface area contributed by atoms with Gasteiger partial charge in [-0.05, 0) is 12.3 Å². The van der Waals surface area contributed by atoms with Crippen LogP contribution in [0, 0.1) is 5.92 Å². The van der Waals surface area contributed by atoms with E-state index in [1.54, 1.807) is 0 Å². The fraction of sp³-hybridized carbons (Fsp3) is 0.857. The number of carbonyl (C=O) groups is 1. The number of carboxylic acid groups (broad SMARTS) is 1. The number of carboxylic acids is 1. The second-order valence-electron chi connectivity index (χ2n) is 3.04. The summed E-state index contributed by atoms with van der Waals surface area (Å²) in [5, 5.41) is 8.34. The molecule has 1 fully saturated rings. The van der Waals surface area contributed by atoms with Gasteiger partial charge in [-0.3, -0.25) is 4.79 Å². The highest BCUT2D eigenvalue weighted by Crippen LogP contribution is 2.33. The van der Waals surface area contributed by atoms with E-state index >= 15 is 0 Å². The number of hydrogen-bond donors (Lipinski definition) is 2. The molecule has 3 heteroatoms. The molecule has 0 aromatic rings. The maximum atomic E-state index is 10.1. The summed E-state index contributed by atoms with van der Waals surface area (Å²) in [5.74, 6) is -0.0532. The quantitative estimate of drug-likeness (QED) is 0.605. The van der Waals surface area contributed by atoms with Crippen LogP contribution in [-0.2, 0) is 4.79 Å². The minimum absolute atomic E-state index is 0.120. The summed E-state index contributed by atoms with van der Waals surface area (Å²) in [5.41, 5.74) is 5.53. The maximum absolute atomic E-state index is 10.1. The molecule has 0 aliphatic heterocycles. The number of aliphatic carboxylic acids is 1. The van der Waals surface area contributed by atoms with Gasteiger partial charge in [-0.15, -0.1) is 0 Å². The summed E-state index contributed by atoms with van der Waals surface area (Å²) >= 11 is 0. The van der Waals surface area contributed by atoms with E-state index in [2.05, 4.69) is 0 Å². The van der Waals surface area contributed by atoms with E-state index in [0.717, 1.165) is 12.3 Å². The summed E-state index contributed by atoms with van der Waals surface area (Å²) in [4.78, 5) is 10.1. The average molecular weight is 143 g/mol. The standard InChI is InChI=1S/C7H13NO2/c8-6(4-7(9)10)3-5-1-2-5/h5-6H,1-4,8H2,(H,9,10)/t6-/m0/s1. The number of rotatable bonds is 4. The Kier molecular flexibility index (Phi) is 2.27. The molecule has 0 bridgehead atoms. The van der Waals surface area contributed by atoms with E-state index in [4.69, 9.17) is 10.8 Å². The average Bonchev–Trinajstić information content (AvgIpc) is 2.46. The highest BCUT2D eigenvalue weighted by atomic mass is 16.4. The van der Waals surface area contributed by atoms with Crippen LogP contribution in [-0.4, -0.2) is 17.1 Å². The Labute approximate surface area is 60.2 Å². The molecule has 0 aromatic heterocycles. The predicted octanol–water partition coefficient (Wildman–Crippen LogP) is 0.588. The maximum Gasteiger partial charge on any atom is 0.304 e. The minimum atomic E-state index is -0.784. The van der Waals surface area contributed by atoms with E-state index in [0.29, 0.717) is 0 Å². The molecular weight excluding hydrogens is 130 g/mol. The van der Waals surface area contributed by atoms with Crippen LogP contribution in [0.1, 0.15) is 25.7 Å². The molecular formula is C7H13NO2. The van der Waals surface area contributed by atoms with Crippen LogP contribution in [0.2, 0.25) is 0 Å². The Morgan fingerprint density at radius 2 is 2.30 bits per heavy atom. The van der Waals surface area contributed by atoms with Crippen molar-refractivity contribution < 1.29 is 9.90 Å². The molecule has 1 atom stereocenters. The van der Waals surface area contributed by atoms with Gasteiger partial charge in [-0.2, -0.15) is 0 Å². The van der Waals surface area contributed by atoms with Gasteiger partial charge >= 0.3 is 5.97 Å². The van der Waals surface area contributed by atoms with Crippen molar-refractivity contribution >= 4 is 5.97 Å². The Morgan fingerprint density at radius 1 is 1.70 bits per heavy atom. The topological polar surface area (TPSA) is 63.3 Å². The largest absolute Gasteiger partial charge is 0.481 e. The molecule has 3 N–H and O–H groups in total. The van der Waals surface area contributed by atoms with E-state index in [1.807, 2.05) is 0 Å². The normalized spacial score (nSPS) is 20.5. The zero-order valence-electron chi connectivity index (χ0n) is 5.92. The molecule has 58 valence electrons. The van der Waals surface area contributed by atoms with Crippen LogP contribution in [0.15, 0.2) is 0 Å². The smallest absolute Gasteiger partial charge is 0.304 e. The molecule has 1 aliphatic carbocycles. The zero-order valence-corrected chi connectivity index (χ0v) is 5.92. The number of hydrogen-bond acceptors (Lipinski definition) is 2. The zero-order chi connectivity index (χ0) is 7.56. The first kappa shape index (κ1) is 7.54. The van der Waals surface area contributed by atoms with Crippen LogP contribution in [0.4, 0.5) is 0 Å². The number of nitrogens with two attached hydrogens (primary N) is 1. The Hall–Kier alpha value is -0.570. The molecule has 0 amide bonds. The van der Waals surface area contributed by atoms with Crippen molar-refractivity contribution in [3.63, 3.8) is 0 Å². The van der Waals surface area contributed by atoms with Crippen molar-refractivity contribution in [1.82, 2.24) is 0 Å². The van der Waals surface area contributed by atoms with Crippen molar-refractivity contribution in [2.75, 3.05) is 0 Å². The van der Waals surface area contributed by atoms with Crippen molar-refractivity contribution in [2.24, 2.45) is 11.7 Å². The van der Waals surface area contributed by atoms with Gasteiger partial charge < -0.3 is 10.8 Å². The summed E-state index contributed by atoms with van der Waals surface area (Å²) < 4.78 is 0. The fourth-order valence-electron chi connectivity index (χ4n) is 1.09. The molecule has 0 aromatic carbocycles. The third kappa shape index (κ3) is 2.82. The summed E-state index contributed by atoms with van der Waals surface area (Å²) in [7, 11) is 0. The van der Waals surface area contributed by atoms with E-state index < -0.39 is 5.97 Å². The van der Waals surface area contributed by atoms with Crippen molar-refractivity contribution in [3.8, 4) is 0 Å². The predicted molar refractivity (Wildman–Crippen MR) is 37.6 cm³/mol. The van der Waals surface area contributed by atoms with Crippen LogP contribution in [0.25, 0.3) is 0 Å². The first-order valence-electron chi connectivity index (χ1n) is 3.66. The van der Waals surface area contributed by atoms with Crippen LogP contribution >= 0.6 is 0 Å². The molecule has 0 heterocycles. The molecule has 0 saturated heterocycles. The van der Waals surface area contributed by atoms with Crippen LogP contribution in [0.5, 0.6) is 0 Å². The molecule has 0 spiro atoms. The molecule has 10 heavy (non-hydrogen) atoms. The lowest BCUT2D eigenvalue weighted by Crippen LogP contribution is -2.23. The summed E-state index contributed by atoms with van der Waals surface area (Å²) in [6.45, 7) is 0. The second kappa shape index (κ2) is 3.01. The van der Waals surface area contributed by atoms with Gasteiger partial charge in [0.1, 0.15) is 0 Å². The first-order valence-corrected chi connectivity index (χ1v) is 3.66. The van der Waals surface area contributed by atoms with Crippen LogP contribution < -0.4 is 5.73 Å². The fourth-order valence-corrected chi connectivity index (χ4v) is 1.09. The lowest BCUT2D eigenvalue weighted by Gasteiger charge is -2.05. The third-order valence-corrected chi connectivity index (χ3v) is 1.77. The van der Waals surface area contributed by atoms with Gasteiger partial charge in [-0.25, -0.2) is 0 Å². The highest BCUT2D eigenvalue weighted by Gasteiger charge is 2.24. The van der Waals surface area contributed by atoms with Crippen LogP contribution in [0.3, 0.4) is 0 Å². The monoisotopic (exact) mass is 143 g/mol. The molecule has 3 nitrogen and oxygen atoms in total. The van der Waals surface area contributed by atoms with Gasteiger partial charge in [0.25, 0.3) is 0 Å². The molecule has 1 rings (SSSR count). The molecule has 1 saturated carbocycles. The van der Waals surface area contributed by atoms with Crippen molar-refractivity contribution in [1.29, 1.82) is 0 Å². The van der Waals surface area contributed by atoms with Gasteiger partial charge in [0, 0.05) is 6.04 Å². The lowest BCUT2D eigenvalue weighted by atomic mass is 10.1. The summed E-state index contributed by atoms with van der Waals surface area (Å²) in [6, 6.07) is -0.120. The van der Waals surface area contributed by atoms with E-state index in [1.165, 1.54) is 12.8 Å². The lowest BCUT2D eigenvalue weighted by molar-refractivity contribution is -0.137. The minimum Gasteiger partial charge on any atom is -0.481 e. The van der Waals surface area contributed by atoms with Gasteiger partial charge in [0.2, 0.25) is 0 Å². The van der Waals surface area contributed by atoms with Gasteiger partial charge in [0.05, 0.1) is 6.42 Å². The Bertz CT molecular complexity index is 132. The Balaban J connectivity index is 2.07. The van der Waals surface area contributed by atoms with Crippen molar-refractivity contribution in [2.45, 2.75) is 31.7 Å². The van der Waals surface area contributed by atoms with E-state index in [9.17, 15) is 4.79 Å². The first-order chi connectivity index (χ1) is 4.68. The third-order valence-electron chi connectivity index (χ3n) is 1.77. The molecule has 0 unspecified atom stereocenters. The summed E-state index contributed by atoms with van der Waals surface area (Å²) in [6.07, 6.45) is 3.50. The van der Waals surface area contributed by atoms with Gasteiger partial charge in [0.15, 0.2) is 0 Å². The Morgan fingerprint density at radius 3 is 2.70 bits per heavy atom. The van der Waals surface area contributed by atoms with E-state index in [-0.39, 0.29) is 12.5 Å².